The first-order valence-corrected chi connectivity index (χ1v) is 7.07. The smallest absolute Gasteiger partial charge is 0.220 e. The number of aryl methyl sites for hydroxylation is 1. The normalized spacial score (nSPS) is 17.5. The second kappa shape index (κ2) is 5.45. The fourth-order valence-corrected chi connectivity index (χ4v) is 2.63. The predicted octanol–water partition coefficient (Wildman–Crippen LogP) is 2.56. The van der Waals surface area contributed by atoms with Crippen LogP contribution in [0.2, 0.25) is 0 Å². The molecule has 1 aromatic heterocycles. The van der Waals surface area contributed by atoms with Gasteiger partial charge in [-0.05, 0) is 38.8 Å². The van der Waals surface area contributed by atoms with Gasteiger partial charge in [0.05, 0.1) is 7.11 Å². The summed E-state index contributed by atoms with van der Waals surface area (Å²) in [4.78, 5) is 9.36. The molecule has 0 radical (unpaired) electrons. The lowest BCUT2D eigenvalue weighted by Crippen LogP contribution is -2.28. The van der Waals surface area contributed by atoms with Gasteiger partial charge < -0.3 is 10.1 Å². The summed E-state index contributed by atoms with van der Waals surface area (Å²) < 4.78 is 5.54. The zero-order chi connectivity index (χ0) is 14.0. The molecule has 4 nitrogen and oxygen atoms in total. The minimum absolute atomic E-state index is 0.0509. The number of ether oxygens (including phenoxy) is 1. The third-order valence-electron chi connectivity index (χ3n) is 3.71. The van der Waals surface area contributed by atoms with Crippen molar-refractivity contribution in [2.75, 3.05) is 20.2 Å². The Hall–Kier alpha value is -1.16. The molecule has 1 aliphatic heterocycles. The van der Waals surface area contributed by atoms with Gasteiger partial charge in [0.1, 0.15) is 5.82 Å². The molecular weight excluding hydrogens is 238 g/mol. The van der Waals surface area contributed by atoms with Crippen LogP contribution >= 0.6 is 0 Å². The maximum Gasteiger partial charge on any atom is 0.220 e. The van der Waals surface area contributed by atoms with Crippen molar-refractivity contribution in [3.05, 3.63) is 17.1 Å². The van der Waals surface area contributed by atoms with E-state index in [1.165, 1.54) is 5.56 Å². The van der Waals surface area contributed by atoms with Crippen molar-refractivity contribution >= 4 is 0 Å². The highest BCUT2D eigenvalue weighted by atomic mass is 16.5. The topological polar surface area (TPSA) is 47.0 Å². The summed E-state index contributed by atoms with van der Waals surface area (Å²) in [6.45, 7) is 10.6. The van der Waals surface area contributed by atoms with E-state index in [1.807, 2.05) is 0 Å². The van der Waals surface area contributed by atoms with Crippen LogP contribution in [0, 0.1) is 6.92 Å². The van der Waals surface area contributed by atoms with Crippen LogP contribution in [0.5, 0.6) is 5.88 Å². The van der Waals surface area contributed by atoms with E-state index in [9.17, 15) is 0 Å². The first-order valence-electron chi connectivity index (χ1n) is 7.07. The zero-order valence-corrected chi connectivity index (χ0v) is 12.7. The fourth-order valence-electron chi connectivity index (χ4n) is 2.63. The fraction of sp³-hybridized carbons (Fsp3) is 0.733. The van der Waals surface area contributed by atoms with Crippen molar-refractivity contribution in [3.63, 3.8) is 0 Å². The van der Waals surface area contributed by atoms with E-state index in [0.29, 0.717) is 5.92 Å². The van der Waals surface area contributed by atoms with Gasteiger partial charge in [-0.1, -0.05) is 20.8 Å². The Labute approximate surface area is 116 Å². The molecule has 0 aliphatic carbocycles. The summed E-state index contributed by atoms with van der Waals surface area (Å²) in [5.74, 6) is 2.15. The number of piperidine rings is 1. The van der Waals surface area contributed by atoms with Gasteiger partial charge in [-0.25, -0.2) is 4.98 Å². The van der Waals surface area contributed by atoms with Crippen molar-refractivity contribution in [1.82, 2.24) is 15.3 Å². The van der Waals surface area contributed by atoms with Crippen LogP contribution in [0.15, 0.2) is 0 Å². The highest BCUT2D eigenvalue weighted by molar-refractivity contribution is 5.35. The van der Waals surface area contributed by atoms with Gasteiger partial charge in [0.15, 0.2) is 0 Å². The van der Waals surface area contributed by atoms with Crippen molar-refractivity contribution < 1.29 is 4.74 Å². The summed E-state index contributed by atoms with van der Waals surface area (Å²) in [5.41, 5.74) is 2.23. The molecule has 1 aromatic rings. The van der Waals surface area contributed by atoms with E-state index in [-0.39, 0.29) is 5.41 Å². The number of nitrogens with zero attached hydrogens (tertiary/aromatic N) is 2. The molecule has 0 bridgehead atoms. The van der Waals surface area contributed by atoms with Gasteiger partial charge in [-0.2, -0.15) is 4.98 Å². The molecule has 0 aromatic carbocycles. The molecule has 106 valence electrons. The monoisotopic (exact) mass is 263 g/mol. The molecule has 0 unspecified atom stereocenters. The molecule has 1 aliphatic rings. The highest BCUT2D eigenvalue weighted by Crippen LogP contribution is 2.34. The Kier molecular flexibility index (Phi) is 4.09. The third-order valence-corrected chi connectivity index (χ3v) is 3.71. The Morgan fingerprint density at radius 1 is 1.16 bits per heavy atom. The minimum atomic E-state index is -0.0509. The molecule has 19 heavy (non-hydrogen) atoms. The van der Waals surface area contributed by atoms with Gasteiger partial charge in [0.2, 0.25) is 5.88 Å². The standard InChI is InChI=1S/C15H25N3O/c1-10-12(11-6-8-16-9-7-11)13(19-5)18-14(17-10)15(2,3)4/h11,16H,6-9H2,1-5H3. The largest absolute Gasteiger partial charge is 0.481 e. The lowest BCUT2D eigenvalue weighted by molar-refractivity contribution is 0.366. The quantitative estimate of drug-likeness (QED) is 0.891. The summed E-state index contributed by atoms with van der Waals surface area (Å²) in [7, 11) is 1.71. The number of hydrogen-bond acceptors (Lipinski definition) is 4. The third kappa shape index (κ3) is 3.06. The van der Waals surface area contributed by atoms with Crippen molar-refractivity contribution in [2.45, 2.75) is 51.9 Å². The molecule has 0 amide bonds. The SMILES string of the molecule is COc1nc(C(C)(C)C)nc(C)c1C1CCNCC1. The van der Waals surface area contributed by atoms with E-state index in [2.05, 4.69) is 38.0 Å². The summed E-state index contributed by atoms with van der Waals surface area (Å²) in [6.07, 6.45) is 2.27. The van der Waals surface area contributed by atoms with Crippen LogP contribution < -0.4 is 10.1 Å². The first-order chi connectivity index (χ1) is 8.93. The molecule has 0 atom stereocenters. The Bertz CT molecular complexity index is 445. The molecule has 0 saturated carbocycles. The average Bonchev–Trinajstić information content (AvgIpc) is 2.37. The van der Waals surface area contributed by atoms with E-state index in [1.54, 1.807) is 7.11 Å². The van der Waals surface area contributed by atoms with E-state index in [0.717, 1.165) is 43.3 Å². The number of nitrogens with one attached hydrogen (secondary N) is 1. The molecule has 4 heteroatoms. The van der Waals surface area contributed by atoms with Crippen molar-refractivity contribution in [3.8, 4) is 5.88 Å². The summed E-state index contributed by atoms with van der Waals surface area (Å²) in [5, 5.41) is 3.40. The minimum Gasteiger partial charge on any atom is -0.481 e. The van der Waals surface area contributed by atoms with Gasteiger partial charge in [-0.15, -0.1) is 0 Å². The van der Waals surface area contributed by atoms with Crippen LogP contribution in [0.25, 0.3) is 0 Å². The van der Waals surface area contributed by atoms with Crippen LogP contribution in [0.1, 0.15) is 56.6 Å². The van der Waals surface area contributed by atoms with E-state index in [4.69, 9.17) is 9.72 Å². The van der Waals surface area contributed by atoms with Crippen molar-refractivity contribution in [1.29, 1.82) is 0 Å². The molecule has 1 saturated heterocycles. The van der Waals surface area contributed by atoms with Gasteiger partial charge in [0, 0.05) is 16.7 Å². The number of rotatable bonds is 2. The Morgan fingerprint density at radius 2 is 1.79 bits per heavy atom. The zero-order valence-electron chi connectivity index (χ0n) is 12.7. The lowest BCUT2D eigenvalue weighted by Gasteiger charge is -2.27. The Morgan fingerprint density at radius 3 is 2.32 bits per heavy atom. The van der Waals surface area contributed by atoms with Crippen LogP contribution in [-0.2, 0) is 5.41 Å². The van der Waals surface area contributed by atoms with Gasteiger partial charge >= 0.3 is 0 Å². The second-order valence-corrected chi connectivity index (χ2v) is 6.33. The molecule has 1 N–H and O–H groups in total. The maximum atomic E-state index is 5.54. The summed E-state index contributed by atoms with van der Waals surface area (Å²) >= 11 is 0. The first kappa shape index (κ1) is 14.3. The summed E-state index contributed by atoms with van der Waals surface area (Å²) in [6, 6.07) is 0. The molecule has 2 rings (SSSR count). The molecule has 2 heterocycles. The van der Waals surface area contributed by atoms with Crippen molar-refractivity contribution in [2.24, 2.45) is 0 Å². The van der Waals surface area contributed by atoms with E-state index >= 15 is 0 Å². The predicted molar refractivity (Wildman–Crippen MR) is 76.9 cm³/mol. The van der Waals surface area contributed by atoms with Gasteiger partial charge in [-0.3, -0.25) is 0 Å². The number of aromatic nitrogens is 2. The number of hydrogen-bond donors (Lipinski definition) is 1. The van der Waals surface area contributed by atoms with Crippen LogP contribution in [0.4, 0.5) is 0 Å². The second-order valence-electron chi connectivity index (χ2n) is 6.33. The Balaban J connectivity index is 2.43. The average molecular weight is 263 g/mol. The number of methoxy groups -OCH3 is 1. The molecule has 1 fully saturated rings. The lowest BCUT2D eigenvalue weighted by atomic mass is 9.89. The van der Waals surface area contributed by atoms with Crippen LogP contribution in [0.3, 0.4) is 0 Å². The maximum absolute atomic E-state index is 5.54. The van der Waals surface area contributed by atoms with E-state index < -0.39 is 0 Å². The molecule has 0 spiro atoms. The van der Waals surface area contributed by atoms with Crippen LogP contribution in [-0.4, -0.2) is 30.2 Å². The van der Waals surface area contributed by atoms with Gasteiger partial charge in [0.25, 0.3) is 0 Å². The molecular formula is C15H25N3O. The highest BCUT2D eigenvalue weighted by Gasteiger charge is 2.26.